The summed E-state index contributed by atoms with van der Waals surface area (Å²) in [5.41, 5.74) is 2.71. The molecular formula is C17H16N8O. The molecule has 0 aliphatic rings. The van der Waals surface area contributed by atoms with Gasteiger partial charge in [0.15, 0.2) is 0 Å². The molecule has 4 aromatic rings. The van der Waals surface area contributed by atoms with E-state index in [9.17, 15) is 4.79 Å². The molecule has 26 heavy (non-hydrogen) atoms. The molecule has 1 aromatic carbocycles. The second-order valence-electron chi connectivity index (χ2n) is 5.86. The van der Waals surface area contributed by atoms with Gasteiger partial charge >= 0.3 is 0 Å². The van der Waals surface area contributed by atoms with Gasteiger partial charge in [0, 0.05) is 11.9 Å². The first kappa shape index (κ1) is 15.9. The Labute approximate surface area is 148 Å². The van der Waals surface area contributed by atoms with Crippen LogP contribution in [0.1, 0.15) is 34.8 Å². The number of aryl methyl sites for hydroxylation is 1. The molecule has 9 heteroatoms. The molecule has 1 unspecified atom stereocenters. The van der Waals surface area contributed by atoms with E-state index < -0.39 is 0 Å². The summed E-state index contributed by atoms with van der Waals surface area (Å²) in [4.78, 5) is 24.7. The van der Waals surface area contributed by atoms with E-state index in [4.69, 9.17) is 0 Å². The van der Waals surface area contributed by atoms with Crippen molar-refractivity contribution in [3.63, 3.8) is 0 Å². The van der Waals surface area contributed by atoms with E-state index in [0.29, 0.717) is 5.78 Å². The lowest BCUT2D eigenvalue weighted by molar-refractivity contribution is 0.0929. The summed E-state index contributed by atoms with van der Waals surface area (Å²) >= 11 is 0. The van der Waals surface area contributed by atoms with Crippen LogP contribution in [0.25, 0.3) is 11.5 Å². The molecule has 0 saturated heterocycles. The summed E-state index contributed by atoms with van der Waals surface area (Å²) in [6.45, 7) is 3.78. The highest BCUT2D eigenvalue weighted by Crippen LogP contribution is 2.15. The second kappa shape index (κ2) is 6.36. The molecule has 1 atom stereocenters. The topological polar surface area (TPSA) is 103 Å². The molecule has 1 N–H and O–H groups in total. The fourth-order valence-electron chi connectivity index (χ4n) is 2.60. The van der Waals surface area contributed by atoms with Gasteiger partial charge in [-0.1, -0.05) is 12.1 Å². The Morgan fingerprint density at radius 2 is 2.00 bits per heavy atom. The summed E-state index contributed by atoms with van der Waals surface area (Å²) in [5.74, 6) is 0.153. The zero-order valence-corrected chi connectivity index (χ0v) is 14.2. The standard InChI is InChI=1S/C17H16N8O/c1-11-7-8-19-17-22-15(23-25(11)17)16(26)21-12(2)13-3-5-14(6-4-13)24-10-18-9-20-24/h3-10,12H,1-2H3,(H,21,26). The Hall–Kier alpha value is -3.62. The number of carbonyl (C=O) groups is 1. The molecule has 4 rings (SSSR count). The van der Waals surface area contributed by atoms with Crippen molar-refractivity contribution in [1.29, 1.82) is 0 Å². The maximum atomic E-state index is 12.5. The van der Waals surface area contributed by atoms with Gasteiger partial charge in [0.05, 0.1) is 11.7 Å². The van der Waals surface area contributed by atoms with Crippen LogP contribution in [-0.2, 0) is 0 Å². The predicted octanol–water partition coefficient (Wildman–Crippen LogP) is 1.50. The van der Waals surface area contributed by atoms with Crippen LogP contribution in [0.5, 0.6) is 0 Å². The van der Waals surface area contributed by atoms with E-state index in [-0.39, 0.29) is 17.8 Å². The average molecular weight is 348 g/mol. The van der Waals surface area contributed by atoms with Crippen molar-refractivity contribution in [2.45, 2.75) is 19.9 Å². The van der Waals surface area contributed by atoms with Gasteiger partial charge in [0.2, 0.25) is 5.82 Å². The van der Waals surface area contributed by atoms with Crippen molar-refractivity contribution in [1.82, 2.24) is 39.7 Å². The number of carbonyl (C=O) groups excluding carboxylic acids is 1. The minimum atomic E-state index is -0.345. The number of amides is 1. The van der Waals surface area contributed by atoms with Crippen molar-refractivity contribution < 1.29 is 4.79 Å². The number of fused-ring (bicyclic) bond motifs is 1. The molecule has 0 bridgehead atoms. The smallest absolute Gasteiger partial charge is 0.291 e. The third-order valence-corrected chi connectivity index (χ3v) is 4.06. The molecule has 0 spiro atoms. The quantitative estimate of drug-likeness (QED) is 0.599. The van der Waals surface area contributed by atoms with Gasteiger partial charge in [-0.05, 0) is 37.6 Å². The van der Waals surface area contributed by atoms with Gasteiger partial charge in [-0.2, -0.15) is 10.1 Å². The number of hydrogen-bond acceptors (Lipinski definition) is 6. The minimum absolute atomic E-state index is 0.0953. The molecule has 0 radical (unpaired) electrons. The molecule has 9 nitrogen and oxygen atoms in total. The van der Waals surface area contributed by atoms with Crippen molar-refractivity contribution in [3.05, 3.63) is 66.3 Å². The molecule has 0 fully saturated rings. The number of aromatic nitrogens is 7. The first-order valence-corrected chi connectivity index (χ1v) is 8.06. The SMILES string of the molecule is Cc1ccnc2nc(C(=O)NC(C)c3ccc(-n4cncn4)cc3)nn12. The molecule has 3 aromatic heterocycles. The first-order chi connectivity index (χ1) is 12.6. The maximum Gasteiger partial charge on any atom is 0.291 e. The number of nitrogens with zero attached hydrogens (tertiary/aromatic N) is 7. The molecular weight excluding hydrogens is 332 g/mol. The Kier molecular flexibility index (Phi) is 3.88. The van der Waals surface area contributed by atoms with Crippen molar-refractivity contribution in [3.8, 4) is 5.69 Å². The minimum Gasteiger partial charge on any atom is -0.343 e. The summed E-state index contributed by atoms with van der Waals surface area (Å²) in [6, 6.07) is 9.32. The molecule has 0 saturated carbocycles. The van der Waals surface area contributed by atoms with E-state index in [2.05, 4.69) is 30.5 Å². The predicted molar refractivity (Wildman–Crippen MR) is 92.8 cm³/mol. The Morgan fingerprint density at radius 1 is 1.19 bits per heavy atom. The highest BCUT2D eigenvalue weighted by molar-refractivity contribution is 5.91. The van der Waals surface area contributed by atoms with E-state index >= 15 is 0 Å². The first-order valence-electron chi connectivity index (χ1n) is 8.06. The molecule has 130 valence electrons. The second-order valence-corrected chi connectivity index (χ2v) is 5.86. The zero-order valence-electron chi connectivity index (χ0n) is 14.2. The van der Waals surface area contributed by atoms with E-state index in [1.54, 1.807) is 21.7 Å². The van der Waals surface area contributed by atoms with Crippen LogP contribution in [0.15, 0.2) is 49.2 Å². The normalized spacial score (nSPS) is 12.2. The van der Waals surface area contributed by atoms with Crippen LogP contribution in [0.4, 0.5) is 0 Å². The van der Waals surface area contributed by atoms with Gasteiger partial charge in [-0.25, -0.2) is 19.2 Å². The summed E-state index contributed by atoms with van der Waals surface area (Å²) in [5, 5.41) is 11.2. The third kappa shape index (κ3) is 2.90. The van der Waals surface area contributed by atoms with Crippen molar-refractivity contribution >= 4 is 11.7 Å². The number of rotatable bonds is 4. The van der Waals surface area contributed by atoms with Gasteiger partial charge in [0.1, 0.15) is 12.7 Å². The van der Waals surface area contributed by atoms with Gasteiger partial charge in [-0.3, -0.25) is 4.79 Å². The van der Waals surface area contributed by atoms with Crippen LogP contribution >= 0.6 is 0 Å². The van der Waals surface area contributed by atoms with Crippen LogP contribution in [0, 0.1) is 6.92 Å². The highest BCUT2D eigenvalue weighted by Gasteiger charge is 2.17. The van der Waals surface area contributed by atoms with E-state index in [1.807, 2.05) is 44.2 Å². The Balaban J connectivity index is 1.50. The Bertz CT molecular complexity index is 1050. The lowest BCUT2D eigenvalue weighted by Gasteiger charge is -2.13. The van der Waals surface area contributed by atoms with Crippen LogP contribution < -0.4 is 5.32 Å². The molecule has 0 aliphatic heterocycles. The zero-order chi connectivity index (χ0) is 18.1. The fraction of sp³-hybridized carbons (Fsp3) is 0.176. The van der Waals surface area contributed by atoms with Crippen LogP contribution in [0.3, 0.4) is 0 Å². The van der Waals surface area contributed by atoms with E-state index in [0.717, 1.165) is 16.9 Å². The molecule has 0 aliphatic carbocycles. The van der Waals surface area contributed by atoms with Crippen LogP contribution in [0.2, 0.25) is 0 Å². The summed E-state index contributed by atoms with van der Waals surface area (Å²) in [7, 11) is 0. The molecule has 3 heterocycles. The van der Waals surface area contributed by atoms with Gasteiger partial charge in [-0.15, -0.1) is 5.10 Å². The average Bonchev–Trinajstić information content (AvgIpc) is 3.32. The van der Waals surface area contributed by atoms with Crippen molar-refractivity contribution in [2.75, 3.05) is 0 Å². The van der Waals surface area contributed by atoms with Crippen LogP contribution in [-0.4, -0.2) is 40.3 Å². The third-order valence-electron chi connectivity index (χ3n) is 4.06. The summed E-state index contributed by atoms with van der Waals surface area (Å²) < 4.78 is 3.22. The lowest BCUT2D eigenvalue weighted by Crippen LogP contribution is -2.27. The van der Waals surface area contributed by atoms with Gasteiger partial charge in [0.25, 0.3) is 11.7 Å². The van der Waals surface area contributed by atoms with E-state index in [1.165, 1.54) is 6.33 Å². The number of nitrogens with one attached hydrogen (secondary N) is 1. The Morgan fingerprint density at radius 3 is 2.69 bits per heavy atom. The monoisotopic (exact) mass is 348 g/mol. The number of hydrogen-bond donors (Lipinski definition) is 1. The van der Waals surface area contributed by atoms with Crippen molar-refractivity contribution in [2.24, 2.45) is 0 Å². The number of benzene rings is 1. The highest BCUT2D eigenvalue weighted by atomic mass is 16.2. The molecule has 1 amide bonds. The maximum absolute atomic E-state index is 12.5. The largest absolute Gasteiger partial charge is 0.343 e. The summed E-state index contributed by atoms with van der Waals surface area (Å²) in [6.07, 6.45) is 4.75. The lowest BCUT2D eigenvalue weighted by atomic mass is 10.1. The van der Waals surface area contributed by atoms with Gasteiger partial charge < -0.3 is 5.32 Å². The fourth-order valence-corrected chi connectivity index (χ4v) is 2.60.